The molecule has 1 atom stereocenters. The molecule has 0 saturated carbocycles. The van der Waals surface area contributed by atoms with Crippen LogP contribution in [0.4, 0.5) is 10.2 Å². The van der Waals surface area contributed by atoms with E-state index in [-0.39, 0.29) is 18.5 Å². The highest BCUT2D eigenvalue weighted by atomic mass is 19.1. The fourth-order valence-corrected chi connectivity index (χ4v) is 3.62. The molecule has 2 N–H and O–H groups in total. The number of aliphatic hydroxyl groups excluding tert-OH is 1. The van der Waals surface area contributed by atoms with Crippen LogP contribution in [0.15, 0.2) is 55.0 Å². The van der Waals surface area contributed by atoms with Crippen LogP contribution >= 0.6 is 0 Å². The Morgan fingerprint density at radius 3 is 2.56 bits per heavy atom. The highest BCUT2D eigenvalue weighted by Gasteiger charge is 2.17. The molecule has 3 heterocycles. The molecule has 4 rings (SSSR count). The number of aliphatic hydroxyl groups is 1. The van der Waals surface area contributed by atoms with Crippen LogP contribution in [0.25, 0.3) is 17.1 Å². The minimum Gasteiger partial charge on any atom is -0.390 e. The first-order valence-corrected chi connectivity index (χ1v) is 10.5. The molecule has 4 aromatic rings. The van der Waals surface area contributed by atoms with Gasteiger partial charge < -0.3 is 15.0 Å². The molecule has 8 heteroatoms. The SMILES string of the molecule is CC[C@H](Nc1nnc(-c2ccc(-n3cnc(C)c3)c(CO)n2)cc1C)c1ccccc1F. The zero-order valence-electron chi connectivity index (χ0n) is 18.2. The van der Waals surface area contributed by atoms with E-state index in [1.54, 1.807) is 18.5 Å². The first-order valence-electron chi connectivity index (χ1n) is 10.5. The third-order valence-electron chi connectivity index (χ3n) is 5.34. The normalized spacial score (nSPS) is 12.0. The predicted molar refractivity (Wildman–Crippen MR) is 121 cm³/mol. The summed E-state index contributed by atoms with van der Waals surface area (Å²) >= 11 is 0. The monoisotopic (exact) mass is 432 g/mol. The molecule has 1 aromatic carbocycles. The van der Waals surface area contributed by atoms with E-state index in [0.717, 1.165) is 16.9 Å². The Morgan fingerprint density at radius 1 is 1.09 bits per heavy atom. The molecule has 164 valence electrons. The third-order valence-corrected chi connectivity index (χ3v) is 5.34. The smallest absolute Gasteiger partial charge is 0.152 e. The standard InChI is InChI=1S/C24H25FN6O/c1-4-19(17-7-5-6-8-18(17)25)28-24-15(2)11-21(29-30-24)20-9-10-23(22(13-32)27-20)31-12-16(3)26-14-31/h5-12,14,19,32H,4,13H2,1-3H3,(H,28,30)/t19-/m0/s1. The molecule has 3 aromatic heterocycles. The number of rotatable bonds is 7. The van der Waals surface area contributed by atoms with Gasteiger partial charge in [0, 0.05) is 11.8 Å². The van der Waals surface area contributed by atoms with Gasteiger partial charge in [-0.3, -0.25) is 0 Å². The lowest BCUT2D eigenvalue weighted by molar-refractivity contribution is 0.276. The van der Waals surface area contributed by atoms with E-state index >= 15 is 0 Å². The van der Waals surface area contributed by atoms with E-state index < -0.39 is 0 Å². The van der Waals surface area contributed by atoms with Crippen LogP contribution in [0, 0.1) is 19.7 Å². The summed E-state index contributed by atoms with van der Waals surface area (Å²) in [5, 5.41) is 21.8. The number of nitrogens with zero attached hydrogens (tertiary/aromatic N) is 5. The Labute approximate surface area is 186 Å². The maximum Gasteiger partial charge on any atom is 0.152 e. The van der Waals surface area contributed by atoms with Crippen LogP contribution in [0.1, 0.15) is 41.9 Å². The zero-order valence-corrected chi connectivity index (χ0v) is 18.2. The Hall–Kier alpha value is -3.65. The third kappa shape index (κ3) is 4.36. The Balaban J connectivity index is 1.61. The number of halogens is 1. The molecule has 0 unspecified atom stereocenters. The van der Waals surface area contributed by atoms with Gasteiger partial charge in [0.25, 0.3) is 0 Å². The van der Waals surface area contributed by atoms with E-state index in [0.29, 0.717) is 34.9 Å². The summed E-state index contributed by atoms with van der Waals surface area (Å²) in [6.45, 7) is 5.60. The largest absolute Gasteiger partial charge is 0.390 e. The van der Waals surface area contributed by atoms with E-state index in [9.17, 15) is 9.50 Å². The van der Waals surface area contributed by atoms with Gasteiger partial charge in [-0.15, -0.1) is 10.2 Å². The number of imidazole rings is 1. The Kier molecular flexibility index (Phi) is 6.23. The van der Waals surface area contributed by atoms with Gasteiger partial charge in [0.05, 0.1) is 41.7 Å². The fraction of sp³-hybridized carbons (Fsp3) is 0.250. The highest BCUT2D eigenvalue weighted by Crippen LogP contribution is 2.27. The van der Waals surface area contributed by atoms with Crippen molar-refractivity contribution in [3.05, 3.63) is 83.3 Å². The zero-order chi connectivity index (χ0) is 22.7. The van der Waals surface area contributed by atoms with Gasteiger partial charge in [-0.25, -0.2) is 14.4 Å². The van der Waals surface area contributed by atoms with E-state index in [4.69, 9.17) is 0 Å². The van der Waals surface area contributed by atoms with Crippen LogP contribution in [0.5, 0.6) is 0 Å². The van der Waals surface area contributed by atoms with Crippen molar-refractivity contribution in [2.75, 3.05) is 5.32 Å². The molecule has 0 aliphatic carbocycles. The van der Waals surface area contributed by atoms with Gasteiger partial charge >= 0.3 is 0 Å². The highest BCUT2D eigenvalue weighted by molar-refractivity contribution is 5.60. The van der Waals surface area contributed by atoms with Crippen LogP contribution in [-0.2, 0) is 6.61 Å². The van der Waals surface area contributed by atoms with Gasteiger partial charge in [-0.2, -0.15) is 0 Å². The Morgan fingerprint density at radius 2 is 1.91 bits per heavy atom. The maximum atomic E-state index is 14.2. The number of benzene rings is 1. The average molecular weight is 433 g/mol. The van der Waals surface area contributed by atoms with Gasteiger partial charge in [0.15, 0.2) is 5.82 Å². The number of pyridine rings is 1. The number of hydrogen-bond donors (Lipinski definition) is 2. The molecule has 0 spiro atoms. The van der Waals surface area contributed by atoms with Gasteiger partial charge in [-0.05, 0) is 50.1 Å². The number of hydrogen-bond acceptors (Lipinski definition) is 6. The van der Waals surface area contributed by atoms with Crippen molar-refractivity contribution in [1.82, 2.24) is 24.7 Å². The molecule has 0 bridgehead atoms. The van der Waals surface area contributed by atoms with Crippen LogP contribution in [0.2, 0.25) is 0 Å². The number of aromatic nitrogens is 5. The molecule has 0 fully saturated rings. The quantitative estimate of drug-likeness (QED) is 0.446. The van der Waals surface area contributed by atoms with Crippen molar-refractivity contribution in [3.63, 3.8) is 0 Å². The summed E-state index contributed by atoms with van der Waals surface area (Å²) in [7, 11) is 0. The summed E-state index contributed by atoms with van der Waals surface area (Å²) in [5.74, 6) is 0.347. The molecular formula is C24H25FN6O. The molecule has 0 amide bonds. The number of anilines is 1. The van der Waals surface area contributed by atoms with Crippen molar-refractivity contribution < 1.29 is 9.50 Å². The molecular weight excluding hydrogens is 407 g/mol. The minimum atomic E-state index is -0.247. The second-order valence-electron chi connectivity index (χ2n) is 7.63. The molecule has 0 saturated heterocycles. The lowest BCUT2D eigenvalue weighted by Gasteiger charge is -2.19. The van der Waals surface area contributed by atoms with Crippen molar-refractivity contribution in [2.24, 2.45) is 0 Å². The lowest BCUT2D eigenvalue weighted by Crippen LogP contribution is -2.14. The van der Waals surface area contributed by atoms with Gasteiger partial charge in [0.1, 0.15) is 11.5 Å². The van der Waals surface area contributed by atoms with E-state index in [1.807, 2.05) is 55.8 Å². The second kappa shape index (κ2) is 9.23. The summed E-state index contributed by atoms with van der Waals surface area (Å²) in [5.41, 5.74) is 4.82. The van der Waals surface area contributed by atoms with Crippen molar-refractivity contribution in [2.45, 2.75) is 39.8 Å². The summed E-state index contributed by atoms with van der Waals surface area (Å²) in [4.78, 5) is 8.81. The van der Waals surface area contributed by atoms with Crippen LogP contribution in [0.3, 0.4) is 0 Å². The van der Waals surface area contributed by atoms with Crippen molar-refractivity contribution in [3.8, 4) is 17.1 Å². The number of aryl methyl sites for hydroxylation is 2. The molecule has 7 nitrogen and oxygen atoms in total. The van der Waals surface area contributed by atoms with E-state index in [2.05, 4.69) is 25.5 Å². The first-order chi connectivity index (χ1) is 15.5. The molecule has 32 heavy (non-hydrogen) atoms. The topological polar surface area (TPSA) is 88.8 Å². The lowest BCUT2D eigenvalue weighted by atomic mass is 10.0. The maximum absolute atomic E-state index is 14.2. The van der Waals surface area contributed by atoms with Crippen molar-refractivity contribution in [1.29, 1.82) is 0 Å². The second-order valence-corrected chi connectivity index (χ2v) is 7.63. The van der Waals surface area contributed by atoms with E-state index in [1.165, 1.54) is 6.07 Å². The van der Waals surface area contributed by atoms with Crippen molar-refractivity contribution >= 4 is 5.82 Å². The molecule has 0 aliphatic heterocycles. The average Bonchev–Trinajstić information content (AvgIpc) is 3.24. The summed E-state index contributed by atoms with van der Waals surface area (Å²) < 4.78 is 16.1. The van der Waals surface area contributed by atoms with Gasteiger partial charge in [0.2, 0.25) is 0 Å². The molecule has 0 radical (unpaired) electrons. The number of nitrogens with one attached hydrogen (secondary N) is 1. The molecule has 0 aliphatic rings. The summed E-state index contributed by atoms with van der Waals surface area (Å²) in [6, 6.07) is 12.1. The van der Waals surface area contributed by atoms with Crippen LogP contribution < -0.4 is 5.32 Å². The first kappa shape index (κ1) is 21.6. The van der Waals surface area contributed by atoms with Crippen LogP contribution in [-0.4, -0.2) is 29.8 Å². The summed E-state index contributed by atoms with van der Waals surface area (Å²) in [6.07, 6.45) is 4.26. The minimum absolute atomic E-state index is 0.215. The Bertz CT molecular complexity index is 1240. The van der Waals surface area contributed by atoms with Gasteiger partial charge in [-0.1, -0.05) is 25.1 Å². The predicted octanol–water partition coefficient (Wildman–Crippen LogP) is 4.54. The fourth-order valence-electron chi connectivity index (χ4n) is 3.62.